The fourth-order valence-corrected chi connectivity index (χ4v) is 9.27. The highest BCUT2D eigenvalue weighted by molar-refractivity contribution is 6.31. The van der Waals surface area contributed by atoms with Crippen LogP contribution < -0.4 is 0 Å². The zero-order valence-electron chi connectivity index (χ0n) is 26.5. The number of carboxylic acid groups (broad SMARTS) is 1. The van der Waals surface area contributed by atoms with Crippen LogP contribution in [0.1, 0.15) is 41.9 Å². The van der Waals surface area contributed by atoms with Crippen LogP contribution in [0, 0.1) is 23.7 Å². The Kier molecular flexibility index (Phi) is 7.21. The topological polar surface area (TPSA) is 129 Å². The van der Waals surface area contributed by atoms with Crippen LogP contribution in [0.25, 0.3) is 16.3 Å². The van der Waals surface area contributed by atoms with E-state index in [1.807, 2.05) is 97.1 Å². The van der Waals surface area contributed by atoms with Crippen molar-refractivity contribution in [1.29, 1.82) is 0 Å². The molecular formula is C41H33NO7. The van der Waals surface area contributed by atoms with Gasteiger partial charge in [-0.3, -0.25) is 28.9 Å². The molecule has 6 atom stereocenters. The first-order chi connectivity index (χ1) is 23.7. The molecular weight excluding hydrogens is 618 g/mol. The second kappa shape index (κ2) is 11.5. The third kappa shape index (κ3) is 4.46. The van der Waals surface area contributed by atoms with Gasteiger partial charge in [-0.2, -0.15) is 0 Å². The van der Waals surface area contributed by atoms with Gasteiger partial charge in [0.05, 0.1) is 23.7 Å². The number of aliphatic carboxylic acids is 1. The number of nitrogens with zero attached hydrogens (tertiary/aromatic N) is 1. The number of carbonyl (C=O) groups excluding carboxylic acids is 4. The number of hydrogen-bond donors (Lipinski definition) is 2. The summed E-state index contributed by atoms with van der Waals surface area (Å²) in [7, 11) is 0. The van der Waals surface area contributed by atoms with Crippen molar-refractivity contribution >= 4 is 45.7 Å². The van der Waals surface area contributed by atoms with Gasteiger partial charge in [-0.1, -0.05) is 103 Å². The Morgan fingerprint density at radius 2 is 1.47 bits per heavy atom. The maximum Gasteiger partial charge on any atom is 0.305 e. The maximum atomic E-state index is 15.2. The number of benzene rings is 4. The van der Waals surface area contributed by atoms with Crippen LogP contribution in [-0.4, -0.2) is 51.0 Å². The number of phenolic OH excluding ortho intramolecular Hbond substituents is 1. The van der Waals surface area contributed by atoms with Gasteiger partial charge in [-0.05, 0) is 53.0 Å². The number of allylic oxidation sites excluding steroid dienone is 4. The first-order valence-electron chi connectivity index (χ1n) is 16.6. The second-order valence-electron chi connectivity index (χ2n) is 13.5. The SMILES string of the molecule is O=C(O)CCN1C(=O)[C@H]2[C@H](CC=C3[C@H]2C[C@H]2C(=O)C(c4ccccc4)=CC(=O)[C@@]2(c2ccccc2)[C@H]3c2ccc(O)c3ccccc23)C1=O. The zero-order valence-corrected chi connectivity index (χ0v) is 26.5. The Morgan fingerprint density at radius 3 is 2.18 bits per heavy atom. The Labute approximate surface area is 282 Å². The van der Waals surface area contributed by atoms with E-state index in [0.29, 0.717) is 22.1 Å². The van der Waals surface area contributed by atoms with Crippen molar-refractivity contribution in [2.75, 3.05) is 6.54 Å². The first-order valence-corrected chi connectivity index (χ1v) is 16.6. The van der Waals surface area contributed by atoms with Gasteiger partial charge in [0, 0.05) is 29.3 Å². The van der Waals surface area contributed by atoms with Crippen LogP contribution >= 0.6 is 0 Å². The number of imide groups is 1. The molecule has 2 fully saturated rings. The molecule has 0 aromatic heterocycles. The van der Waals surface area contributed by atoms with Crippen molar-refractivity contribution in [2.24, 2.45) is 23.7 Å². The summed E-state index contributed by atoms with van der Waals surface area (Å²) < 4.78 is 0. The van der Waals surface area contributed by atoms with Gasteiger partial charge in [0.1, 0.15) is 5.75 Å². The molecule has 4 aliphatic rings. The molecule has 2 N–H and O–H groups in total. The summed E-state index contributed by atoms with van der Waals surface area (Å²) in [5, 5.41) is 21.6. The summed E-state index contributed by atoms with van der Waals surface area (Å²) in [5.41, 5.74) is 1.80. The molecule has 0 unspecified atom stereocenters. The third-order valence-electron chi connectivity index (χ3n) is 11.3. The molecule has 1 saturated heterocycles. The van der Waals surface area contributed by atoms with Gasteiger partial charge in [0.15, 0.2) is 11.6 Å². The van der Waals surface area contributed by atoms with Crippen molar-refractivity contribution < 1.29 is 34.2 Å². The van der Waals surface area contributed by atoms with Crippen LogP contribution in [0.4, 0.5) is 0 Å². The number of phenols is 1. The Hall–Kier alpha value is -5.63. The van der Waals surface area contributed by atoms with Crippen LogP contribution in [0.5, 0.6) is 5.75 Å². The molecule has 0 bridgehead atoms. The number of fused-ring (bicyclic) bond motifs is 5. The lowest BCUT2D eigenvalue weighted by molar-refractivity contribution is -0.142. The summed E-state index contributed by atoms with van der Waals surface area (Å²) >= 11 is 0. The molecule has 0 spiro atoms. The number of likely N-dealkylation sites (tertiary alicyclic amines) is 1. The first kappa shape index (κ1) is 30.7. The fraction of sp³-hybridized carbons (Fsp3) is 0.244. The maximum absolute atomic E-state index is 15.2. The smallest absolute Gasteiger partial charge is 0.305 e. The molecule has 244 valence electrons. The lowest BCUT2D eigenvalue weighted by Crippen LogP contribution is -2.58. The molecule has 4 aromatic rings. The molecule has 3 aliphatic carbocycles. The highest BCUT2D eigenvalue weighted by Gasteiger charge is 2.66. The minimum absolute atomic E-state index is 0.0812. The largest absolute Gasteiger partial charge is 0.507 e. The van der Waals surface area contributed by atoms with Crippen LogP contribution in [0.2, 0.25) is 0 Å². The van der Waals surface area contributed by atoms with E-state index in [9.17, 15) is 24.6 Å². The molecule has 8 heteroatoms. The van der Waals surface area contributed by atoms with Gasteiger partial charge < -0.3 is 10.2 Å². The van der Waals surface area contributed by atoms with E-state index in [-0.39, 0.29) is 43.1 Å². The van der Waals surface area contributed by atoms with Crippen LogP contribution in [0.3, 0.4) is 0 Å². The molecule has 4 aromatic carbocycles. The van der Waals surface area contributed by atoms with Gasteiger partial charge in [-0.15, -0.1) is 0 Å². The monoisotopic (exact) mass is 651 g/mol. The minimum atomic E-state index is -1.39. The average Bonchev–Trinajstić information content (AvgIpc) is 3.37. The molecule has 0 radical (unpaired) electrons. The van der Waals surface area contributed by atoms with Crippen molar-refractivity contribution in [3.63, 3.8) is 0 Å². The molecule has 1 saturated carbocycles. The van der Waals surface area contributed by atoms with E-state index in [1.165, 1.54) is 6.08 Å². The quantitative estimate of drug-likeness (QED) is 0.198. The normalized spacial score (nSPS) is 27.7. The van der Waals surface area contributed by atoms with Crippen molar-refractivity contribution in [3.8, 4) is 5.75 Å². The molecule has 8 nitrogen and oxygen atoms in total. The standard InChI is InChI=1S/C41H33NO7/c43-33-18-17-27(25-13-7-8-14-26(25)33)37-28-15-16-29-36(40(49)42(39(29)48)20-19-35(45)46)31(28)21-32-38(47)30(23-9-3-1-4-10-23)22-34(44)41(32,37)24-11-5-2-6-12-24/h1-15,17-18,22,29,31-32,36-37,43H,16,19-21H2,(H,45,46)/t29-,31+,32-,36-,37-,41-/m0/s1. The molecule has 8 rings (SSSR count). The lowest BCUT2D eigenvalue weighted by Gasteiger charge is -2.55. The summed E-state index contributed by atoms with van der Waals surface area (Å²) in [6, 6.07) is 29.3. The van der Waals surface area contributed by atoms with E-state index in [1.54, 1.807) is 6.07 Å². The highest BCUT2D eigenvalue weighted by Crippen LogP contribution is 2.64. The molecule has 2 amide bonds. The Morgan fingerprint density at radius 1 is 0.796 bits per heavy atom. The minimum Gasteiger partial charge on any atom is -0.507 e. The summed E-state index contributed by atoms with van der Waals surface area (Å²) in [6.45, 7) is -0.218. The van der Waals surface area contributed by atoms with E-state index in [2.05, 4.69) is 0 Å². The van der Waals surface area contributed by atoms with E-state index >= 15 is 9.59 Å². The van der Waals surface area contributed by atoms with Crippen LogP contribution in [0.15, 0.2) is 115 Å². The summed E-state index contributed by atoms with van der Waals surface area (Å²) in [6.07, 6.45) is 3.52. The number of carbonyl (C=O) groups is 5. The Balaban J connectivity index is 1.40. The van der Waals surface area contributed by atoms with Gasteiger partial charge in [0.25, 0.3) is 0 Å². The number of carboxylic acids is 1. The number of rotatable bonds is 6. The van der Waals surface area contributed by atoms with Gasteiger partial charge in [0.2, 0.25) is 11.8 Å². The molecule has 1 heterocycles. The summed E-state index contributed by atoms with van der Waals surface area (Å²) in [5.74, 6) is -5.92. The third-order valence-corrected chi connectivity index (χ3v) is 11.3. The Bertz CT molecular complexity index is 2130. The number of Topliss-reactive ketones (excluding diaryl/α,β-unsaturated/α-hetero) is 1. The van der Waals surface area contributed by atoms with E-state index in [0.717, 1.165) is 21.4 Å². The lowest BCUT2D eigenvalue weighted by atomic mass is 9.44. The predicted molar refractivity (Wildman–Crippen MR) is 181 cm³/mol. The fourth-order valence-electron chi connectivity index (χ4n) is 9.27. The van der Waals surface area contributed by atoms with Crippen molar-refractivity contribution in [2.45, 2.75) is 30.6 Å². The van der Waals surface area contributed by atoms with Gasteiger partial charge >= 0.3 is 5.97 Å². The number of hydrogen-bond acceptors (Lipinski definition) is 6. The van der Waals surface area contributed by atoms with Crippen LogP contribution in [-0.2, 0) is 29.4 Å². The number of ketones is 2. The zero-order chi connectivity index (χ0) is 34.0. The average molecular weight is 652 g/mol. The second-order valence-corrected chi connectivity index (χ2v) is 13.5. The summed E-state index contributed by atoms with van der Waals surface area (Å²) in [4.78, 5) is 70.5. The number of amides is 2. The predicted octanol–water partition coefficient (Wildman–Crippen LogP) is 5.84. The highest BCUT2D eigenvalue weighted by atomic mass is 16.4. The molecule has 1 aliphatic heterocycles. The van der Waals surface area contributed by atoms with Crippen molar-refractivity contribution in [3.05, 3.63) is 131 Å². The van der Waals surface area contributed by atoms with Crippen molar-refractivity contribution in [1.82, 2.24) is 4.90 Å². The van der Waals surface area contributed by atoms with E-state index in [4.69, 9.17) is 0 Å². The molecule has 49 heavy (non-hydrogen) atoms. The van der Waals surface area contributed by atoms with Gasteiger partial charge in [-0.25, -0.2) is 0 Å². The number of aromatic hydroxyl groups is 1. The van der Waals surface area contributed by atoms with E-state index < -0.39 is 52.8 Å².